The highest BCUT2D eigenvalue weighted by atomic mass is 35.5. The summed E-state index contributed by atoms with van der Waals surface area (Å²) in [6, 6.07) is 9.80. The molecular formula is C14H14ClN3OS. The molecular weight excluding hydrogens is 294 g/mol. The SMILES string of the molecule is COc1cccc2c1nc(N)n2CCc1ccc(Cl)s1. The summed E-state index contributed by atoms with van der Waals surface area (Å²) in [6.07, 6.45) is 0.879. The molecule has 0 aliphatic carbocycles. The number of nitrogen functional groups attached to an aromatic ring is 1. The van der Waals surface area contributed by atoms with E-state index in [0.717, 1.165) is 34.1 Å². The lowest BCUT2D eigenvalue weighted by Gasteiger charge is -2.05. The number of imidazole rings is 1. The average Bonchev–Trinajstić information content (AvgIpc) is 2.99. The van der Waals surface area contributed by atoms with E-state index in [1.165, 1.54) is 4.88 Å². The van der Waals surface area contributed by atoms with E-state index in [1.54, 1.807) is 18.4 Å². The summed E-state index contributed by atoms with van der Waals surface area (Å²) in [5, 5.41) is 0. The summed E-state index contributed by atoms with van der Waals surface area (Å²) in [5.74, 6) is 1.25. The second-order valence-electron chi connectivity index (χ2n) is 4.41. The first-order chi connectivity index (χ1) is 9.69. The number of nitrogens with two attached hydrogens (primary N) is 1. The van der Waals surface area contributed by atoms with Gasteiger partial charge < -0.3 is 15.0 Å². The fraction of sp³-hybridized carbons (Fsp3) is 0.214. The number of aromatic nitrogens is 2. The number of para-hydroxylation sites is 1. The maximum absolute atomic E-state index is 6.02. The minimum atomic E-state index is 0.507. The Balaban J connectivity index is 1.93. The lowest BCUT2D eigenvalue weighted by molar-refractivity contribution is 0.419. The van der Waals surface area contributed by atoms with Crippen molar-refractivity contribution in [3.8, 4) is 5.75 Å². The van der Waals surface area contributed by atoms with E-state index < -0.39 is 0 Å². The Morgan fingerprint density at radius 2 is 2.20 bits per heavy atom. The Bertz CT molecular complexity index is 750. The topological polar surface area (TPSA) is 53.1 Å². The molecule has 6 heteroatoms. The molecule has 0 spiro atoms. The lowest BCUT2D eigenvalue weighted by Crippen LogP contribution is -2.04. The molecule has 3 rings (SSSR count). The highest BCUT2D eigenvalue weighted by Crippen LogP contribution is 2.28. The number of aryl methyl sites for hydroxylation is 2. The molecule has 0 radical (unpaired) electrons. The fourth-order valence-electron chi connectivity index (χ4n) is 2.25. The predicted octanol–water partition coefficient (Wildman–Crippen LogP) is 3.58. The van der Waals surface area contributed by atoms with Crippen molar-refractivity contribution in [1.82, 2.24) is 9.55 Å². The zero-order chi connectivity index (χ0) is 14.1. The number of ether oxygens (including phenoxy) is 1. The smallest absolute Gasteiger partial charge is 0.201 e. The highest BCUT2D eigenvalue weighted by Gasteiger charge is 2.12. The number of thiophene rings is 1. The van der Waals surface area contributed by atoms with Gasteiger partial charge in [0.2, 0.25) is 5.95 Å². The number of methoxy groups -OCH3 is 1. The minimum absolute atomic E-state index is 0.507. The normalized spacial score (nSPS) is 11.1. The van der Waals surface area contributed by atoms with Crippen LogP contribution in [-0.2, 0) is 13.0 Å². The number of benzene rings is 1. The standard InChI is InChI=1S/C14H14ClN3OS/c1-19-11-4-2-3-10-13(11)17-14(16)18(10)8-7-9-5-6-12(15)20-9/h2-6H,7-8H2,1H3,(H2,16,17). The molecule has 2 N–H and O–H groups in total. The third-order valence-electron chi connectivity index (χ3n) is 3.20. The van der Waals surface area contributed by atoms with Gasteiger partial charge in [-0.25, -0.2) is 4.98 Å². The first-order valence-electron chi connectivity index (χ1n) is 6.22. The zero-order valence-electron chi connectivity index (χ0n) is 11.0. The van der Waals surface area contributed by atoms with Gasteiger partial charge in [0.05, 0.1) is 17.0 Å². The Morgan fingerprint density at radius 1 is 1.35 bits per heavy atom. The van der Waals surface area contributed by atoms with Crippen molar-refractivity contribution in [3.63, 3.8) is 0 Å². The van der Waals surface area contributed by atoms with Crippen LogP contribution in [0, 0.1) is 0 Å². The van der Waals surface area contributed by atoms with E-state index in [4.69, 9.17) is 22.1 Å². The molecule has 0 aliphatic rings. The van der Waals surface area contributed by atoms with Gasteiger partial charge >= 0.3 is 0 Å². The lowest BCUT2D eigenvalue weighted by atomic mass is 10.3. The molecule has 0 aliphatic heterocycles. The molecule has 3 aromatic rings. The van der Waals surface area contributed by atoms with Gasteiger partial charge in [-0.2, -0.15) is 0 Å². The third-order valence-corrected chi connectivity index (χ3v) is 4.49. The molecule has 2 aromatic heterocycles. The van der Waals surface area contributed by atoms with Crippen molar-refractivity contribution in [2.75, 3.05) is 12.8 Å². The van der Waals surface area contributed by atoms with E-state index in [2.05, 4.69) is 4.98 Å². The van der Waals surface area contributed by atoms with Crippen LogP contribution in [-0.4, -0.2) is 16.7 Å². The van der Waals surface area contributed by atoms with Gasteiger partial charge in [0, 0.05) is 11.4 Å². The van der Waals surface area contributed by atoms with Crippen LogP contribution in [0.15, 0.2) is 30.3 Å². The van der Waals surface area contributed by atoms with Crippen LogP contribution in [0.2, 0.25) is 4.34 Å². The number of hydrogen-bond acceptors (Lipinski definition) is 4. The van der Waals surface area contributed by atoms with E-state index in [0.29, 0.717) is 5.95 Å². The summed E-state index contributed by atoms with van der Waals surface area (Å²) in [5.41, 5.74) is 7.81. The van der Waals surface area contributed by atoms with E-state index in [-0.39, 0.29) is 0 Å². The zero-order valence-corrected chi connectivity index (χ0v) is 12.5. The minimum Gasteiger partial charge on any atom is -0.494 e. The van der Waals surface area contributed by atoms with Crippen LogP contribution in [0.3, 0.4) is 0 Å². The van der Waals surface area contributed by atoms with Gasteiger partial charge in [-0.1, -0.05) is 17.7 Å². The molecule has 0 atom stereocenters. The van der Waals surface area contributed by atoms with Gasteiger partial charge in [0.1, 0.15) is 11.3 Å². The maximum atomic E-state index is 6.02. The largest absolute Gasteiger partial charge is 0.494 e. The number of halogens is 1. The van der Waals surface area contributed by atoms with Crippen molar-refractivity contribution in [2.24, 2.45) is 0 Å². The fourth-order valence-corrected chi connectivity index (χ4v) is 3.32. The van der Waals surface area contributed by atoms with Gasteiger partial charge in [-0.15, -0.1) is 11.3 Å². The molecule has 104 valence electrons. The van der Waals surface area contributed by atoms with Crippen LogP contribution in [0.1, 0.15) is 4.88 Å². The summed E-state index contributed by atoms with van der Waals surface area (Å²) in [4.78, 5) is 5.63. The summed E-state index contributed by atoms with van der Waals surface area (Å²) in [6.45, 7) is 0.770. The van der Waals surface area contributed by atoms with Crippen molar-refractivity contribution in [3.05, 3.63) is 39.5 Å². The third kappa shape index (κ3) is 2.34. The van der Waals surface area contributed by atoms with Crippen molar-refractivity contribution < 1.29 is 4.74 Å². The Kier molecular flexibility index (Phi) is 3.54. The van der Waals surface area contributed by atoms with Gasteiger partial charge in [-0.05, 0) is 30.7 Å². The van der Waals surface area contributed by atoms with Crippen LogP contribution in [0.25, 0.3) is 11.0 Å². The number of rotatable bonds is 4. The molecule has 4 nitrogen and oxygen atoms in total. The molecule has 0 unspecified atom stereocenters. The van der Waals surface area contributed by atoms with Gasteiger partial charge in [0.25, 0.3) is 0 Å². The van der Waals surface area contributed by atoms with Crippen LogP contribution in [0.4, 0.5) is 5.95 Å². The van der Waals surface area contributed by atoms with Crippen LogP contribution < -0.4 is 10.5 Å². The molecule has 20 heavy (non-hydrogen) atoms. The highest BCUT2D eigenvalue weighted by molar-refractivity contribution is 7.16. The Labute approximate surface area is 125 Å². The summed E-state index contributed by atoms with van der Waals surface area (Å²) in [7, 11) is 1.64. The molecule has 1 aromatic carbocycles. The molecule has 0 fully saturated rings. The Hall–Kier alpha value is -1.72. The number of anilines is 1. The second kappa shape index (κ2) is 5.34. The van der Waals surface area contributed by atoms with Gasteiger partial charge in [0.15, 0.2) is 0 Å². The van der Waals surface area contributed by atoms with Crippen molar-refractivity contribution in [1.29, 1.82) is 0 Å². The van der Waals surface area contributed by atoms with E-state index in [1.807, 2.05) is 34.9 Å². The number of nitrogens with zero attached hydrogens (tertiary/aromatic N) is 2. The van der Waals surface area contributed by atoms with Gasteiger partial charge in [-0.3, -0.25) is 0 Å². The van der Waals surface area contributed by atoms with E-state index in [9.17, 15) is 0 Å². The van der Waals surface area contributed by atoms with Crippen molar-refractivity contribution >= 4 is 39.9 Å². The summed E-state index contributed by atoms with van der Waals surface area (Å²) < 4.78 is 8.13. The first kappa shape index (κ1) is 13.3. The number of hydrogen-bond donors (Lipinski definition) is 1. The van der Waals surface area contributed by atoms with Crippen molar-refractivity contribution in [2.45, 2.75) is 13.0 Å². The van der Waals surface area contributed by atoms with E-state index >= 15 is 0 Å². The molecule has 2 heterocycles. The molecule has 0 saturated heterocycles. The maximum Gasteiger partial charge on any atom is 0.201 e. The second-order valence-corrected chi connectivity index (χ2v) is 6.21. The molecule has 0 saturated carbocycles. The summed E-state index contributed by atoms with van der Waals surface area (Å²) >= 11 is 7.54. The first-order valence-corrected chi connectivity index (χ1v) is 7.41. The Morgan fingerprint density at radius 3 is 2.90 bits per heavy atom. The van der Waals surface area contributed by atoms with Crippen LogP contribution >= 0.6 is 22.9 Å². The average molecular weight is 308 g/mol. The van der Waals surface area contributed by atoms with Crippen LogP contribution in [0.5, 0.6) is 5.75 Å². The molecule has 0 amide bonds. The quantitative estimate of drug-likeness (QED) is 0.801. The molecule has 0 bridgehead atoms. The number of fused-ring (bicyclic) bond motifs is 1. The predicted molar refractivity (Wildman–Crippen MR) is 83.7 cm³/mol. The monoisotopic (exact) mass is 307 g/mol.